The van der Waals surface area contributed by atoms with Crippen LogP contribution in [0.5, 0.6) is 5.75 Å². The van der Waals surface area contributed by atoms with Crippen LogP contribution < -0.4 is 15.5 Å². The minimum absolute atomic E-state index is 0.0140. The van der Waals surface area contributed by atoms with Gasteiger partial charge in [0.1, 0.15) is 12.4 Å². The number of amides is 2. The van der Waals surface area contributed by atoms with Crippen molar-refractivity contribution < 1.29 is 65.7 Å². The highest BCUT2D eigenvalue weighted by molar-refractivity contribution is 5.95. The third-order valence-corrected chi connectivity index (χ3v) is 6.70. The Balaban J connectivity index is 0.000000479. The number of alkyl halides is 6. The molecule has 4 rings (SSSR count). The number of halogens is 6. The molecule has 0 bridgehead atoms. The largest absolute Gasteiger partial charge is 0.490 e. The van der Waals surface area contributed by atoms with Crippen LogP contribution >= 0.6 is 0 Å². The molecule has 18 heteroatoms. The number of nitrogens with zero attached hydrogens (tertiary/aromatic N) is 2. The van der Waals surface area contributed by atoms with Crippen LogP contribution in [0.3, 0.4) is 0 Å². The molecule has 48 heavy (non-hydrogen) atoms. The van der Waals surface area contributed by atoms with E-state index < -0.39 is 35.7 Å². The maximum atomic E-state index is 13.0. The fourth-order valence-corrected chi connectivity index (χ4v) is 4.69. The average Bonchev–Trinajstić information content (AvgIpc) is 2.99. The van der Waals surface area contributed by atoms with Gasteiger partial charge >= 0.3 is 24.3 Å². The molecular weight excluding hydrogens is 658 g/mol. The number of carboxylic acids is 2. The normalized spacial score (nSPS) is 16.4. The van der Waals surface area contributed by atoms with Crippen molar-refractivity contribution in [2.45, 2.75) is 50.7 Å². The van der Waals surface area contributed by atoms with Crippen molar-refractivity contribution in [2.75, 3.05) is 20.1 Å². The minimum atomic E-state index is -5.08. The molecule has 1 aliphatic heterocycles. The van der Waals surface area contributed by atoms with Crippen LogP contribution in [0.25, 0.3) is 10.9 Å². The van der Waals surface area contributed by atoms with E-state index in [0.717, 1.165) is 35.1 Å². The fraction of sp³-hybridized carbons (Fsp3) is 0.367. The van der Waals surface area contributed by atoms with Crippen molar-refractivity contribution in [2.24, 2.45) is 0 Å². The van der Waals surface area contributed by atoms with Gasteiger partial charge in [-0.3, -0.25) is 19.8 Å². The first kappa shape index (κ1) is 39.2. The number of likely N-dealkylation sites (tertiary alicyclic amines) is 1. The average molecular weight is 691 g/mol. The molecule has 0 radical (unpaired) electrons. The Kier molecular flexibility index (Phi) is 13.7. The number of para-hydroxylation sites is 1. The topological polar surface area (TPSA) is 178 Å². The van der Waals surface area contributed by atoms with Gasteiger partial charge in [-0.05, 0) is 69.8 Å². The molecule has 1 aromatic heterocycles. The number of rotatable bonds is 7. The van der Waals surface area contributed by atoms with Crippen molar-refractivity contribution in [3.63, 3.8) is 0 Å². The summed E-state index contributed by atoms with van der Waals surface area (Å²) in [5, 5.41) is 27.3. The molecule has 0 saturated carbocycles. The molecule has 5 N–H and O–H groups in total. The predicted octanol–water partition coefficient (Wildman–Crippen LogP) is 4.48. The van der Waals surface area contributed by atoms with Crippen LogP contribution in [-0.4, -0.2) is 87.1 Å². The lowest BCUT2D eigenvalue weighted by Gasteiger charge is -2.41. The van der Waals surface area contributed by atoms with Crippen molar-refractivity contribution in [1.29, 1.82) is 0 Å². The highest BCUT2D eigenvalue weighted by Gasteiger charge is 2.39. The molecule has 262 valence electrons. The van der Waals surface area contributed by atoms with Gasteiger partial charge in [0.15, 0.2) is 0 Å². The first-order valence-electron chi connectivity index (χ1n) is 13.9. The van der Waals surface area contributed by atoms with E-state index in [1.165, 1.54) is 0 Å². The summed E-state index contributed by atoms with van der Waals surface area (Å²) in [6.07, 6.45) is -8.64. The van der Waals surface area contributed by atoms with Gasteiger partial charge in [0.2, 0.25) is 5.91 Å². The number of hydroxylamine groups is 1. The summed E-state index contributed by atoms with van der Waals surface area (Å²) in [6.45, 7) is 3.79. The molecular formula is C30H32F6N4O8. The van der Waals surface area contributed by atoms with Crippen LogP contribution in [0.1, 0.15) is 40.9 Å². The number of piperidine rings is 1. The van der Waals surface area contributed by atoms with Gasteiger partial charge < -0.3 is 25.2 Å². The number of carboxylic acid groups (broad SMARTS) is 2. The SMILES string of the molecule is Cc1cc(COc2ccc(C(=O)NC3(CC(=O)NO)CCCN(C)C3)cc2)c2ccccc2n1.O=C(O)C(F)(F)F.O=C(O)C(F)(F)F. The van der Waals surface area contributed by atoms with Crippen LogP contribution in [-0.2, 0) is 21.0 Å². The van der Waals surface area contributed by atoms with Crippen LogP contribution in [0.2, 0.25) is 0 Å². The zero-order valence-electron chi connectivity index (χ0n) is 25.5. The summed E-state index contributed by atoms with van der Waals surface area (Å²) in [4.78, 5) is 49.3. The van der Waals surface area contributed by atoms with Crippen LogP contribution in [0.15, 0.2) is 54.6 Å². The zero-order chi connectivity index (χ0) is 36.3. The molecule has 1 aliphatic rings. The number of carbonyl (C=O) groups is 4. The number of carbonyl (C=O) groups excluding carboxylic acids is 2. The molecule has 0 aliphatic carbocycles. The number of likely N-dealkylation sites (N-methyl/N-ethyl adjacent to an activating group) is 1. The zero-order valence-corrected chi connectivity index (χ0v) is 25.5. The Morgan fingerprint density at radius 2 is 1.52 bits per heavy atom. The molecule has 2 aromatic carbocycles. The van der Waals surface area contributed by atoms with Crippen molar-refractivity contribution in [3.05, 3.63) is 71.4 Å². The van der Waals surface area contributed by atoms with Crippen molar-refractivity contribution in [3.8, 4) is 5.75 Å². The molecule has 12 nitrogen and oxygen atoms in total. The molecule has 1 unspecified atom stereocenters. The van der Waals surface area contributed by atoms with E-state index in [9.17, 15) is 35.9 Å². The predicted molar refractivity (Wildman–Crippen MR) is 156 cm³/mol. The Morgan fingerprint density at radius 1 is 0.958 bits per heavy atom. The van der Waals surface area contributed by atoms with Gasteiger partial charge in [-0.15, -0.1) is 0 Å². The number of hydrogen-bond acceptors (Lipinski definition) is 8. The second kappa shape index (κ2) is 16.7. The highest BCUT2D eigenvalue weighted by Crippen LogP contribution is 2.26. The first-order valence-corrected chi connectivity index (χ1v) is 13.9. The molecule has 1 saturated heterocycles. The van der Waals surface area contributed by atoms with Gasteiger partial charge in [-0.1, -0.05) is 18.2 Å². The Labute approximate surface area is 269 Å². The highest BCUT2D eigenvalue weighted by atomic mass is 19.4. The van der Waals surface area contributed by atoms with Gasteiger partial charge in [-0.25, -0.2) is 15.1 Å². The number of aliphatic carboxylic acids is 2. The fourth-order valence-electron chi connectivity index (χ4n) is 4.69. The number of fused-ring (bicyclic) bond motifs is 1. The van der Waals surface area contributed by atoms with Crippen molar-refractivity contribution in [1.82, 2.24) is 20.7 Å². The van der Waals surface area contributed by atoms with Gasteiger partial charge in [0, 0.05) is 28.8 Å². The van der Waals surface area contributed by atoms with Gasteiger partial charge in [-0.2, -0.15) is 26.3 Å². The standard InChI is InChI=1S/C26H30N4O4.2C2HF3O2/c1-18-14-20(22-6-3-4-7-23(22)27-18)16-34-21-10-8-19(9-11-21)25(32)28-26(15-24(31)29-33)12-5-13-30(2)17-26;2*3-2(4,5)1(6)7/h3-4,6-11,14,33H,5,12-13,15-17H2,1-2H3,(H,28,32)(H,29,31);2*(H,6,7). The quantitative estimate of drug-likeness (QED) is 0.135. The number of benzene rings is 2. The molecule has 2 amide bonds. The lowest BCUT2D eigenvalue weighted by atomic mass is 9.85. The van der Waals surface area contributed by atoms with E-state index in [2.05, 4.69) is 15.2 Å². The number of aromatic nitrogens is 1. The number of nitrogens with one attached hydrogen (secondary N) is 2. The minimum Gasteiger partial charge on any atom is -0.489 e. The summed E-state index contributed by atoms with van der Waals surface area (Å²) in [5.74, 6) is -5.64. The molecule has 3 aromatic rings. The number of aryl methyl sites for hydroxylation is 1. The lowest BCUT2D eigenvalue weighted by molar-refractivity contribution is -0.193. The summed E-state index contributed by atoms with van der Waals surface area (Å²) >= 11 is 0. The molecule has 1 atom stereocenters. The van der Waals surface area contributed by atoms with Crippen molar-refractivity contribution >= 4 is 34.7 Å². The summed E-state index contributed by atoms with van der Waals surface area (Å²) in [7, 11) is 1.95. The van der Waals surface area contributed by atoms with E-state index in [1.54, 1.807) is 29.7 Å². The Morgan fingerprint density at radius 3 is 2.04 bits per heavy atom. The maximum Gasteiger partial charge on any atom is 0.490 e. The third kappa shape index (κ3) is 12.3. The van der Waals surface area contributed by atoms with E-state index in [-0.39, 0.29) is 12.3 Å². The maximum absolute atomic E-state index is 13.0. The van der Waals surface area contributed by atoms with E-state index in [0.29, 0.717) is 30.9 Å². The second-order valence-electron chi connectivity index (χ2n) is 10.6. The molecule has 1 fully saturated rings. The van der Waals surface area contributed by atoms with Crippen LogP contribution in [0, 0.1) is 6.92 Å². The van der Waals surface area contributed by atoms with Gasteiger partial charge in [0.25, 0.3) is 5.91 Å². The molecule has 0 spiro atoms. The van der Waals surface area contributed by atoms with E-state index in [1.807, 2.05) is 44.3 Å². The Hall–Kier alpha value is -4.97. The summed E-state index contributed by atoms with van der Waals surface area (Å²) in [6, 6.07) is 17.0. The van der Waals surface area contributed by atoms with Gasteiger partial charge in [0.05, 0.1) is 17.5 Å². The summed E-state index contributed by atoms with van der Waals surface area (Å²) in [5.41, 5.74) is 4.36. The monoisotopic (exact) mass is 690 g/mol. The van der Waals surface area contributed by atoms with E-state index in [4.69, 9.17) is 29.7 Å². The molecule has 2 heterocycles. The number of ether oxygens (including phenoxy) is 1. The summed E-state index contributed by atoms with van der Waals surface area (Å²) < 4.78 is 69.5. The number of hydrogen-bond donors (Lipinski definition) is 5. The smallest absolute Gasteiger partial charge is 0.489 e. The Bertz CT molecular complexity index is 1560. The second-order valence-corrected chi connectivity index (χ2v) is 10.6. The first-order chi connectivity index (χ1) is 22.3. The number of pyridine rings is 1. The lowest BCUT2D eigenvalue weighted by Crippen LogP contribution is -2.59. The third-order valence-electron chi connectivity index (χ3n) is 6.70. The van der Waals surface area contributed by atoms with E-state index >= 15 is 0 Å². The van der Waals surface area contributed by atoms with Crippen LogP contribution in [0.4, 0.5) is 26.3 Å².